The number of halogens is 4. The van der Waals surface area contributed by atoms with Gasteiger partial charge in [0, 0.05) is 25.2 Å². The number of imidazole rings is 1. The van der Waals surface area contributed by atoms with Gasteiger partial charge >= 0.3 is 6.18 Å². The van der Waals surface area contributed by atoms with E-state index >= 15 is 0 Å². The summed E-state index contributed by atoms with van der Waals surface area (Å²) in [5, 5.41) is 4.00. The van der Waals surface area contributed by atoms with Crippen LogP contribution in [0, 0.1) is 5.92 Å². The molecule has 3 aromatic rings. The molecular formula is C26H26ClF3N4O2S. The Bertz CT molecular complexity index is 1350. The number of hydrogen-bond donors (Lipinski definition) is 1. The number of rotatable bonds is 5. The van der Waals surface area contributed by atoms with E-state index in [1.807, 2.05) is 25.1 Å². The molecule has 0 unspecified atom stereocenters. The summed E-state index contributed by atoms with van der Waals surface area (Å²) in [6.45, 7) is 3.57. The second-order valence-corrected chi connectivity index (χ2v) is 10.1. The number of alkyl halides is 3. The molecular weight excluding hydrogens is 525 g/mol. The van der Waals surface area contributed by atoms with Crippen molar-refractivity contribution >= 4 is 47.2 Å². The number of pyridine rings is 1. The number of carbonyl (C=O) groups is 2. The van der Waals surface area contributed by atoms with Gasteiger partial charge in [-0.25, -0.2) is 4.98 Å². The van der Waals surface area contributed by atoms with Crippen LogP contribution < -0.4 is 5.32 Å². The van der Waals surface area contributed by atoms with Crippen LogP contribution in [0.2, 0.25) is 0 Å². The standard InChI is InChI=1S/C26H25F3N4O2S.ClH/c1-16-20-15-31-21-3-2-4-22(33(20)21)36-23(16)24(34)30-12-9-17-10-13-32(14-11-17)25(35)18-5-7-19(8-6-18)26(27,28)29;/h2-8,15,17H,9-14H2,1H3,(H,30,34);1H. The lowest BCUT2D eigenvalue weighted by Gasteiger charge is -2.32. The highest BCUT2D eigenvalue weighted by Gasteiger charge is 2.31. The van der Waals surface area contributed by atoms with E-state index in [1.165, 1.54) is 23.9 Å². The summed E-state index contributed by atoms with van der Waals surface area (Å²) in [5.41, 5.74) is 2.18. The fourth-order valence-corrected chi connectivity index (χ4v) is 5.81. The Morgan fingerprint density at radius 3 is 2.49 bits per heavy atom. The third kappa shape index (κ3) is 5.50. The van der Waals surface area contributed by atoms with Crippen molar-refractivity contribution in [1.82, 2.24) is 19.6 Å². The smallest absolute Gasteiger partial charge is 0.352 e. The van der Waals surface area contributed by atoms with Crippen LogP contribution in [-0.2, 0) is 11.0 Å². The van der Waals surface area contributed by atoms with E-state index in [2.05, 4.69) is 14.7 Å². The minimum Gasteiger partial charge on any atom is -0.352 e. The van der Waals surface area contributed by atoms with Gasteiger partial charge in [-0.15, -0.1) is 12.4 Å². The van der Waals surface area contributed by atoms with Crippen LogP contribution in [0.25, 0.3) is 11.2 Å². The van der Waals surface area contributed by atoms with Crippen molar-refractivity contribution in [3.63, 3.8) is 0 Å². The lowest BCUT2D eigenvalue weighted by molar-refractivity contribution is -0.137. The quantitative estimate of drug-likeness (QED) is 0.444. The number of nitrogens with zero attached hydrogens (tertiary/aromatic N) is 3. The first-order valence-electron chi connectivity index (χ1n) is 11.8. The first-order valence-corrected chi connectivity index (χ1v) is 12.6. The summed E-state index contributed by atoms with van der Waals surface area (Å²) in [6.07, 6.45) is -0.240. The zero-order chi connectivity index (χ0) is 25.4. The second kappa shape index (κ2) is 10.8. The van der Waals surface area contributed by atoms with E-state index in [0.717, 1.165) is 53.3 Å². The lowest BCUT2D eigenvalue weighted by atomic mass is 9.93. The van der Waals surface area contributed by atoms with E-state index in [1.54, 1.807) is 11.1 Å². The Morgan fingerprint density at radius 1 is 1.11 bits per heavy atom. The number of benzene rings is 1. The highest BCUT2D eigenvalue weighted by molar-refractivity contribution is 8.04. The fraction of sp³-hybridized carbons (Fsp3) is 0.346. The summed E-state index contributed by atoms with van der Waals surface area (Å²) < 4.78 is 40.3. The zero-order valence-electron chi connectivity index (χ0n) is 20.0. The van der Waals surface area contributed by atoms with Gasteiger partial charge < -0.3 is 10.2 Å². The summed E-state index contributed by atoms with van der Waals surface area (Å²) in [6, 6.07) is 10.2. The molecule has 0 radical (unpaired) electrons. The molecule has 1 saturated heterocycles. The molecule has 0 spiro atoms. The van der Waals surface area contributed by atoms with Crippen LogP contribution in [0.1, 0.15) is 47.8 Å². The Kier molecular flexibility index (Phi) is 7.89. The maximum Gasteiger partial charge on any atom is 0.416 e. The van der Waals surface area contributed by atoms with Gasteiger partial charge in [-0.3, -0.25) is 14.0 Å². The number of thioether (sulfide) groups is 1. The van der Waals surface area contributed by atoms with Gasteiger partial charge in [0.15, 0.2) is 0 Å². The number of allylic oxidation sites excluding steroid dienone is 1. The maximum absolute atomic E-state index is 12.9. The normalized spacial score (nSPS) is 16.1. The van der Waals surface area contributed by atoms with E-state index in [0.29, 0.717) is 30.5 Å². The molecule has 2 amide bonds. The number of likely N-dealkylation sites (tertiary alicyclic amines) is 1. The number of nitrogens with one attached hydrogen (secondary N) is 1. The average molecular weight is 551 g/mol. The van der Waals surface area contributed by atoms with Gasteiger partial charge in [0.05, 0.1) is 27.4 Å². The SMILES string of the molecule is CC1=C(C(=O)NCCC2CCN(C(=O)c3ccc(C(F)(F)F)cc3)CC2)Sc2cccc3ncc1n23.Cl. The van der Waals surface area contributed by atoms with Crippen molar-refractivity contribution in [3.8, 4) is 0 Å². The number of carbonyl (C=O) groups excluding carboxylic acids is 2. The molecule has 2 aliphatic heterocycles. The fourth-order valence-electron chi connectivity index (χ4n) is 4.74. The van der Waals surface area contributed by atoms with Crippen LogP contribution in [-0.4, -0.2) is 45.7 Å². The van der Waals surface area contributed by atoms with Gasteiger partial charge in [-0.1, -0.05) is 17.8 Å². The minimum atomic E-state index is -4.42. The predicted octanol–water partition coefficient (Wildman–Crippen LogP) is 5.67. The van der Waals surface area contributed by atoms with Crippen LogP contribution in [0.15, 0.2) is 58.6 Å². The molecule has 196 valence electrons. The predicted molar refractivity (Wildman–Crippen MR) is 139 cm³/mol. The molecule has 1 aromatic carbocycles. The van der Waals surface area contributed by atoms with E-state index in [9.17, 15) is 22.8 Å². The largest absolute Gasteiger partial charge is 0.416 e. The number of hydrogen-bond acceptors (Lipinski definition) is 4. The molecule has 0 atom stereocenters. The van der Waals surface area contributed by atoms with Gasteiger partial charge in [0.1, 0.15) is 5.65 Å². The van der Waals surface area contributed by atoms with Crippen LogP contribution in [0.4, 0.5) is 13.2 Å². The van der Waals surface area contributed by atoms with E-state index in [4.69, 9.17) is 0 Å². The monoisotopic (exact) mass is 550 g/mol. The number of piperidine rings is 1. The van der Waals surface area contributed by atoms with Crippen molar-refractivity contribution in [2.45, 2.75) is 37.4 Å². The summed E-state index contributed by atoms with van der Waals surface area (Å²) in [4.78, 5) is 32.4. The zero-order valence-corrected chi connectivity index (χ0v) is 21.7. The third-order valence-corrected chi connectivity index (χ3v) is 8.05. The van der Waals surface area contributed by atoms with Crippen LogP contribution in [0.3, 0.4) is 0 Å². The van der Waals surface area contributed by atoms with Crippen molar-refractivity contribution in [1.29, 1.82) is 0 Å². The molecule has 2 aliphatic rings. The second-order valence-electron chi connectivity index (χ2n) is 9.11. The van der Waals surface area contributed by atoms with Crippen LogP contribution in [0.5, 0.6) is 0 Å². The van der Waals surface area contributed by atoms with Gasteiger partial charge in [0.25, 0.3) is 11.8 Å². The number of amides is 2. The molecule has 0 bridgehead atoms. The molecule has 1 fully saturated rings. The molecule has 2 aromatic heterocycles. The highest BCUT2D eigenvalue weighted by atomic mass is 35.5. The first kappa shape index (κ1) is 27.1. The molecule has 0 aliphatic carbocycles. The topological polar surface area (TPSA) is 66.7 Å². The molecule has 1 N–H and O–H groups in total. The maximum atomic E-state index is 12.9. The molecule has 6 nitrogen and oxygen atoms in total. The number of aromatic nitrogens is 2. The van der Waals surface area contributed by atoms with Crippen molar-refractivity contribution in [2.75, 3.05) is 19.6 Å². The first-order chi connectivity index (χ1) is 17.2. The lowest BCUT2D eigenvalue weighted by Crippen LogP contribution is -2.39. The molecule has 11 heteroatoms. The van der Waals surface area contributed by atoms with Gasteiger partial charge in [0.2, 0.25) is 0 Å². The summed E-state index contributed by atoms with van der Waals surface area (Å²) >= 11 is 1.44. The average Bonchev–Trinajstić information content (AvgIpc) is 3.31. The Labute approximate surface area is 222 Å². The molecule has 37 heavy (non-hydrogen) atoms. The molecule has 0 saturated carbocycles. The minimum absolute atomic E-state index is 0. The highest BCUT2D eigenvalue weighted by Crippen LogP contribution is 2.39. The van der Waals surface area contributed by atoms with Crippen LogP contribution >= 0.6 is 24.2 Å². The van der Waals surface area contributed by atoms with Crippen molar-refractivity contribution in [3.05, 3.63) is 70.4 Å². The third-order valence-electron chi connectivity index (χ3n) is 6.83. The van der Waals surface area contributed by atoms with E-state index in [-0.39, 0.29) is 29.8 Å². The summed E-state index contributed by atoms with van der Waals surface area (Å²) in [7, 11) is 0. The Morgan fingerprint density at radius 2 is 1.81 bits per heavy atom. The van der Waals surface area contributed by atoms with Gasteiger partial charge in [-0.05, 0) is 74.1 Å². The van der Waals surface area contributed by atoms with Gasteiger partial charge in [-0.2, -0.15) is 13.2 Å². The Hall–Kier alpha value is -2.98. The van der Waals surface area contributed by atoms with E-state index < -0.39 is 11.7 Å². The molecule has 4 heterocycles. The Balaban J connectivity index is 0.00000320. The molecule has 5 rings (SSSR count). The summed E-state index contributed by atoms with van der Waals surface area (Å²) in [5.74, 6) is 0.0181. The van der Waals surface area contributed by atoms with Crippen molar-refractivity contribution < 1.29 is 22.8 Å². The van der Waals surface area contributed by atoms with Crippen molar-refractivity contribution in [2.24, 2.45) is 5.92 Å².